The number of methoxy groups -OCH3 is 1. The van der Waals surface area contributed by atoms with Crippen LogP contribution in [0.3, 0.4) is 0 Å². The van der Waals surface area contributed by atoms with Crippen LogP contribution in [-0.4, -0.2) is 30.7 Å². The summed E-state index contributed by atoms with van der Waals surface area (Å²) in [5.74, 6) is 0.331. The minimum atomic E-state index is 0.331. The Morgan fingerprint density at radius 1 is 1.22 bits per heavy atom. The molecule has 1 aromatic carbocycles. The molecule has 0 saturated heterocycles. The van der Waals surface area contributed by atoms with E-state index in [0.717, 1.165) is 18.6 Å². The van der Waals surface area contributed by atoms with Gasteiger partial charge in [-0.25, -0.2) is 4.98 Å². The third-order valence-electron chi connectivity index (χ3n) is 4.25. The fourth-order valence-corrected chi connectivity index (χ4v) is 3.18. The number of ether oxygens (including phenoxy) is 1. The van der Waals surface area contributed by atoms with Crippen molar-refractivity contribution >= 4 is 11.0 Å². The SMILES string of the molecule is CNCCC(c1ccccc1)c1c[nH]c2nccc(COC)c12. The Labute approximate surface area is 136 Å². The predicted octanol–water partition coefficient (Wildman–Crippen LogP) is 3.45. The van der Waals surface area contributed by atoms with Crippen molar-refractivity contribution in [3.05, 3.63) is 65.5 Å². The quantitative estimate of drug-likeness (QED) is 0.703. The molecule has 4 nitrogen and oxygen atoms in total. The van der Waals surface area contributed by atoms with Gasteiger partial charge in [-0.1, -0.05) is 30.3 Å². The number of aromatic amines is 1. The van der Waals surface area contributed by atoms with Crippen molar-refractivity contribution in [3.8, 4) is 0 Å². The van der Waals surface area contributed by atoms with Crippen molar-refractivity contribution in [1.29, 1.82) is 0 Å². The monoisotopic (exact) mass is 309 g/mol. The van der Waals surface area contributed by atoms with Crippen molar-refractivity contribution in [2.45, 2.75) is 18.9 Å². The first-order valence-electron chi connectivity index (χ1n) is 7.98. The molecule has 0 aliphatic carbocycles. The van der Waals surface area contributed by atoms with E-state index in [-0.39, 0.29) is 0 Å². The average Bonchev–Trinajstić information content (AvgIpc) is 3.02. The van der Waals surface area contributed by atoms with E-state index < -0.39 is 0 Å². The molecular formula is C19H23N3O. The molecule has 120 valence electrons. The first kappa shape index (κ1) is 15.7. The van der Waals surface area contributed by atoms with E-state index in [1.807, 2.05) is 19.3 Å². The molecule has 0 bridgehead atoms. The van der Waals surface area contributed by atoms with E-state index in [1.54, 1.807) is 7.11 Å². The highest BCUT2D eigenvalue weighted by Crippen LogP contribution is 2.34. The molecular weight excluding hydrogens is 286 g/mol. The Morgan fingerprint density at radius 3 is 2.78 bits per heavy atom. The number of hydrogen-bond acceptors (Lipinski definition) is 3. The molecule has 0 amide bonds. The van der Waals surface area contributed by atoms with Crippen LogP contribution in [0.2, 0.25) is 0 Å². The number of benzene rings is 1. The van der Waals surface area contributed by atoms with Crippen LogP contribution in [-0.2, 0) is 11.3 Å². The summed E-state index contributed by atoms with van der Waals surface area (Å²) in [7, 11) is 3.73. The molecule has 3 aromatic rings. The summed E-state index contributed by atoms with van der Waals surface area (Å²) in [6.45, 7) is 1.56. The molecule has 0 fully saturated rings. The molecule has 2 N–H and O–H groups in total. The maximum absolute atomic E-state index is 5.37. The van der Waals surface area contributed by atoms with Gasteiger partial charge in [-0.15, -0.1) is 0 Å². The summed E-state index contributed by atoms with van der Waals surface area (Å²) in [5.41, 5.74) is 4.73. The lowest BCUT2D eigenvalue weighted by Crippen LogP contribution is -2.13. The van der Waals surface area contributed by atoms with E-state index in [4.69, 9.17) is 4.74 Å². The molecule has 2 heterocycles. The summed E-state index contributed by atoms with van der Waals surface area (Å²) < 4.78 is 5.37. The zero-order valence-electron chi connectivity index (χ0n) is 13.7. The summed E-state index contributed by atoms with van der Waals surface area (Å²) in [6, 6.07) is 12.7. The number of hydrogen-bond donors (Lipinski definition) is 2. The smallest absolute Gasteiger partial charge is 0.137 e. The molecule has 0 aliphatic rings. The van der Waals surface area contributed by atoms with Gasteiger partial charge < -0.3 is 15.0 Å². The van der Waals surface area contributed by atoms with E-state index in [2.05, 4.69) is 51.8 Å². The number of fused-ring (bicyclic) bond motifs is 1. The minimum Gasteiger partial charge on any atom is -0.380 e. The zero-order valence-corrected chi connectivity index (χ0v) is 13.7. The molecule has 1 atom stereocenters. The van der Waals surface area contributed by atoms with Gasteiger partial charge in [0.15, 0.2) is 0 Å². The highest BCUT2D eigenvalue weighted by atomic mass is 16.5. The normalized spacial score (nSPS) is 12.6. The number of H-pyrrole nitrogens is 1. The van der Waals surface area contributed by atoms with Crippen molar-refractivity contribution in [2.24, 2.45) is 0 Å². The fraction of sp³-hybridized carbons (Fsp3) is 0.316. The number of nitrogens with zero attached hydrogens (tertiary/aromatic N) is 1. The van der Waals surface area contributed by atoms with Crippen LogP contribution >= 0.6 is 0 Å². The highest BCUT2D eigenvalue weighted by Gasteiger charge is 2.20. The average molecular weight is 309 g/mol. The van der Waals surface area contributed by atoms with Crippen LogP contribution in [0.15, 0.2) is 48.8 Å². The summed E-state index contributed by atoms with van der Waals surface area (Å²) in [6.07, 6.45) is 4.97. The van der Waals surface area contributed by atoms with Gasteiger partial charge in [0.25, 0.3) is 0 Å². The molecule has 0 spiro atoms. The van der Waals surface area contributed by atoms with Gasteiger partial charge in [0, 0.05) is 30.8 Å². The topological polar surface area (TPSA) is 49.9 Å². The van der Waals surface area contributed by atoms with Crippen molar-refractivity contribution in [1.82, 2.24) is 15.3 Å². The lowest BCUT2D eigenvalue weighted by Gasteiger charge is -2.18. The fourth-order valence-electron chi connectivity index (χ4n) is 3.18. The summed E-state index contributed by atoms with van der Waals surface area (Å²) in [4.78, 5) is 7.80. The Bertz CT molecular complexity index is 752. The van der Waals surface area contributed by atoms with Crippen LogP contribution in [0.5, 0.6) is 0 Å². The second-order valence-electron chi connectivity index (χ2n) is 5.73. The van der Waals surface area contributed by atoms with Crippen LogP contribution < -0.4 is 5.32 Å². The van der Waals surface area contributed by atoms with Gasteiger partial charge in [-0.05, 0) is 42.8 Å². The predicted molar refractivity (Wildman–Crippen MR) is 93.6 cm³/mol. The third kappa shape index (κ3) is 3.28. The highest BCUT2D eigenvalue weighted by molar-refractivity contribution is 5.84. The van der Waals surface area contributed by atoms with Crippen LogP contribution in [0.25, 0.3) is 11.0 Å². The largest absolute Gasteiger partial charge is 0.380 e. The van der Waals surface area contributed by atoms with Gasteiger partial charge in [0.2, 0.25) is 0 Å². The van der Waals surface area contributed by atoms with Crippen LogP contribution in [0, 0.1) is 0 Å². The Balaban J connectivity index is 2.10. The van der Waals surface area contributed by atoms with E-state index in [9.17, 15) is 0 Å². The number of pyridine rings is 1. The lowest BCUT2D eigenvalue weighted by atomic mass is 9.87. The first-order chi connectivity index (χ1) is 11.3. The second-order valence-corrected chi connectivity index (χ2v) is 5.73. The number of nitrogens with one attached hydrogen (secondary N) is 2. The van der Waals surface area contributed by atoms with Gasteiger partial charge in [-0.2, -0.15) is 0 Å². The molecule has 0 saturated carbocycles. The van der Waals surface area contributed by atoms with Gasteiger partial charge in [-0.3, -0.25) is 0 Å². The standard InChI is InChI=1S/C19H23N3O/c1-20-10-9-16(14-6-4-3-5-7-14)17-12-22-19-18(17)15(13-23-2)8-11-21-19/h3-8,11-12,16,20H,9-10,13H2,1-2H3,(H,21,22). The van der Waals surface area contributed by atoms with Gasteiger partial charge in [0.1, 0.15) is 5.65 Å². The van der Waals surface area contributed by atoms with E-state index in [1.165, 1.54) is 22.1 Å². The molecule has 0 radical (unpaired) electrons. The van der Waals surface area contributed by atoms with Crippen molar-refractivity contribution in [3.63, 3.8) is 0 Å². The maximum Gasteiger partial charge on any atom is 0.137 e. The number of aromatic nitrogens is 2. The molecule has 23 heavy (non-hydrogen) atoms. The molecule has 3 rings (SSSR count). The molecule has 4 heteroatoms. The van der Waals surface area contributed by atoms with Gasteiger partial charge >= 0.3 is 0 Å². The zero-order chi connectivity index (χ0) is 16.1. The Hall–Kier alpha value is -2.17. The second kappa shape index (κ2) is 7.40. The first-order valence-corrected chi connectivity index (χ1v) is 7.98. The van der Waals surface area contributed by atoms with Crippen LogP contribution in [0.4, 0.5) is 0 Å². The summed E-state index contributed by atoms with van der Waals surface area (Å²) in [5, 5.41) is 4.46. The Morgan fingerprint density at radius 2 is 2.04 bits per heavy atom. The van der Waals surface area contributed by atoms with Gasteiger partial charge in [0.05, 0.1) is 6.61 Å². The van der Waals surface area contributed by atoms with Crippen molar-refractivity contribution in [2.75, 3.05) is 20.7 Å². The summed E-state index contributed by atoms with van der Waals surface area (Å²) >= 11 is 0. The number of rotatable bonds is 7. The Kier molecular flexibility index (Phi) is 5.05. The minimum absolute atomic E-state index is 0.331. The van der Waals surface area contributed by atoms with E-state index >= 15 is 0 Å². The van der Waals surface area contributed by atoms with Crippen LogP contribution in [0.1, 0.15) is 29.0 Å². The molecule has 0 aliphatic heterocycles. The van der Waals surface area contributed by atoms with Crippen molar-refractivity contribution < 1.29 is 4.74 Å². The lowest BCUT2D eigenvalue weighted by molar-refractivity contribution is 0.186. The third-order valence-corrected chi connectivity index (χ3v) is 4.25. The maximum atomic E-state index is 5.37. The molecule has 1 unspecified atom stereocenters. The van der Waals surface area contributed by atoms with E-state index in [0.29, 0.717) is 12.5 Å². The molecule has 2 aromatic heterocycles.